The van der Waals surface area contributed by atoms with Crippen molar-refractivity contribution in [3.05, 3.63) is 77.6 Å². The number of phenols is 1. The lowest BCUT2D eigenvalue weighted by atomic mass is 10.1. The smallest absolute Gasteiger partial charge is 0.182 e. The number of rotatable bonds is 8. The van der Waals surface area contributed by atoms with Crippen LogP contribution in [0.15, 0.2) is 66.5 Å². The Morgan fingerprint density at radius 1 is 1.00 bits per heavy atom. The summed E-state index contributed by atoms with van der Waals surface area (Å²) < 4.78 is 10.7. The van der Waals surface area contributed by atoms with E-state index in [-0.39, 0.29) is 17.3 Å². The van der Waals surface area contributed by atoms with E-state index in [2.05, 4.69) is 0 Å². The summed E-state index contributed by atoms with van der Waals surface area (Å²) in [6, 6.07) is 11.8. The van der Waals surface area contributed by atoms with Gasteiger partial charge < -0.3 is 19.7 Å². The summed E-state index contributed by atoms with van der Waals surface area (Å²) in [5, 5.41) is 19.1. The molecule has 0 saturated heterocycles. The number of aliphatic hydroxyl groups is 1. The van der Waals surface area contributed by atoms with Gasteiger partial charge in [0.1, 0.15) is 11.5 Å². The average molecular weight is 366 g/mol. The fraction of sp³-hybridized carbons (Fsp3) is 0.136. The predicted octanol–water partition coefficient (Wildman–Crippen LogP) is 4.54. The van der Waals surface area contributed by atoms with Crippen LogP contribution in [-0.2, 0) is 4.79 Å². The molecule has 0 unspecified atom stereocenters. The maximum absolute atomic E-state index is 11.9. The first-order valence-electron chi connectivity index (χ1n) is 8.42. The number of phenolic OH excluding ortho intramolecular Hbond substituents is 1. The number of benzene rings is 2. The Morgan fingerprint density at radius 3 is 2.33 bits per heavy atom. The Morgan fingerprint density at radius 2 is 1.67 bits per heavy atom. The van der Waals surface area contributed by atoms with E-state index >= 15 is 0 Å². The second kappa shape index (κ2) is 9.87. The summed E-state index contributed by atoms with van der Waals surface area (Å²) in [5.41, 5.74) is 1.56. The van der Waals surface area contributed by atoms with E-state index in [4.69, 9.17) is 9.47 Å². The maximum atomic E-state index is 11.9. The highest BCUT2D eigenvalue weighted by molar-refractivity contribution is 6.02. The molecular formula is C22H22O5. The first kappa shape index (κ1) is 19.8. The highest BCUT2D eigenvalue weighted by Crippen LogP contribution is 2.28. The molecule has 5 nitrogen and oxygen atoms in total. The lowest BCUT2D eigenvalue weighted by molar-refractivity contribution is -0.110. The molecule has 0 heterocycles. The van der Waals surface area contributed by atoms with Gasteiger partial charge >= 0.3 is 0 Å². The molecule has 2 N–H and O–H groups in total. The third kappa shape index (κ3) is 6.40. The van der Waals surface area contributed by atoms with Crippen molar-refractivity contribution in [1.82, 2.24) is 0 Å². The van der Waals surface area contributed by atoms with Crippen molar-refractivity contribution < 1.29 is 24.5 Å². The SMILES string of the molecule is CCOc1ccc(/C=C/C(O)=C/C(=O)/C=C/c2ccc(O)cc2)cc1OC. The van der Waals surface area contributed by atoms with Crippen LogP contribution in [0.3, 0.4) is 0 Å². The lowest BCUT2D eigenvalue weighted by Crippen LogP contribution is -1.95. The number of hydrogen-bond acceptors (Lipinski definition) is 5. The Bertz CT molecular complexity index is 861. The first-order chi connectivity index (χ1) is 13.0. The Hall–Kier alpha value is -3.47. The monoisotopic (exact) mass is 366 g/mol. The molecular weight excluding hydrogens is 344 g/mol. The van der Waals surface area contributed by atoms with Crippen LogP contribution in [0, 0.1) is 0 Å². The highest BCUT2D eigenvalue weighted by Gasteiger charge is 2.03. The van der Waals surface area contributed by atoms with Crippen LogP contribution in [0.1, 0.15) is 18.1 Å². The largest absolute Gasteiger partial charge is 0.508 e. The molecule has 5 heteroatoms. The molecule has 0 aliphatic carbocycles. The Kier molecular flexibility index (Phi) is 7.26. The van der Waals surface area contributed by atoms with E-state index in [1.165, 1.54) is 24.3 Å². The third-order valence-corrected chi connectivity index (χ3v) is 3.56. The molecule has 2 aromatic carbocycles. The predicted molar refractivity (Wildman–Crippen MR) is 106 cm³/mol. The maximum Gasteiger partial charge on any atom is 0.182 e. The molecule has 0 radical (unpaired) electrons. The zero-order valence-corrected chi connectivity index (χ0v) is 15.3. The van der Waals surface area contributed by atoms with Gasteiger partial charge in [0.05, 0.1) is 13.7 Å². The highest BCUT2D eigenvalue weighted by atomic mass is 16.5. The molecule has 0 atom stereocenters. The van der Waals surface area contributed by atoms with Gasteiger partial charge in [-0.1, -0.05) is 30.4 Å². The molecule has 0 aliphatic heterocycles. The molecule has 140 valence electrons. The van der Waals surface area contributed by atoms with Crippen molar-refractivity contribution in [3.8, 4) is 17.2 Å². The van der Waals surface area contributed by atoms with Crippen molar-refractivity contribution in [2.75, 3.05) is 13.7 Å². The molecule has 2 aromatic rings. The number of ketones is 1. The van der Waals surface area contributed by atoms with Gasteiger partial charge in [-0.3, -0.25) is 4.79 Å². The van der Waals surface area contributed by atoms with Crippen LogP contribution in [0.5, 0.6) is 17.2 Å². The molecule has 0 aromatic heterocycles. The van der Waals surface area contributed by atoms with Crippen LogP contribution in [0.25, 0.3) is 12.2 Å². The second-order valence-electron chi connectivity index (χ2n) is 5.57. The van der Waals surface area contributed by atoms with Gasteiger partial charge in [-0.25, -0.2) is 0 Å². The molecule has 2 rings (SSSR count). The topological polar surface area (TPSA) is 76.0 Å². The molecule has 0 amide bonds. The number of carbonyl (C=O) groups is 1. The number of aliphatic hydroxyl groups excluding tert-OH is 1. The normalized spacial score (nSPS) is 11.9. The molecule has 0 spiro atoms. The van der Waals surface area contributed by atoms with E-state index in [0.717, 1.165) is 17.2 Å². The van der Waals surface area contributed by atoms with Gasteiger partial charge in [0.15, 0.2) is 17.3 Å². The number of allylic oxidation sites excluding steroid dienone is 3. The minimum Gasteiger partial charge on any atom is -0.508 e. The van der Waals surface area contributed by atoms with Crippen molar-refractivity contribution in [1.29, 1.82) is 0 Å². The van der Waals surface area contributed by atoms with Crippen LogP contribution in [0.2, 0.25) is 0 Å². The van der Waals surface area contributed by atoms with Crippen molar-refractivity contribution >= 4 is 17.9 Å². The van der Waals surface area contributed by atoms with Crippen LogP contribution >= 0.6 is 0 Å². The first-order valence-corrected chi connectivity index (χ1v) is 8.42. The van der Waals surface area contributed by atoms with Gasteiger partial charge in [0.2, 0.25) is 0 Å². The summed E-state index contributed by atoms with van der Waals surface area (Å²) in [4.78, 5) is 11.9. The fourth-order valence-corrected chi connectivity index (χ4v) is 2.25. The third-order valence-electron chi connectivity index (χ3n) is 3.56. The van der Waals surface area contributed by atoms with Gasteiger partial charge in [-0.05, 0) is 54.5 Å². The number of methoxy groups -OCH3 is 1. The summed E-state index contributed by atoms with van der Waals surface area (Å²) in [7, 11) is 1.56. The summed E-state index contributed by atoms with van der Waals surface area (Å²) >= 11 is 0. The van der Waals surface area contributed by atoms with Gasteiger partial charge in [0, 0.05) is 6.08 Å². The van der Waals surface area contributed by atoms with Crippen molar-refractivity contribution in [2.45, 2.75) is 6.92 Å². The summed E-state index contributed by atoms with van der Waals surface area (Å²) in [6.07, 6.45) is 7.17. The van der Waals surface area contributed by atoms with Crippen molar-refractivity contribution in [2.24, 2.45) is 0 Å². The lowest BCUT2D eigenvalue weighted by Gasteiger charge is -2.09. The number of hydrogen-bond donors (Lipinski definition) is 2. The number of carbonyl (C=O) groups excluding carboxylic acids is 1. The second-order valence-corrected chi connectivity index (χ2v) is 5.57. The number of aromatic hydroxyl groups is 1. The average Bonchev–Trinajstić information content (AvgIpc) is 2.67. The van der Waals surface area contributed by atoms with Gasteiger partial charge in [-0.2, -0.15) is 0 Å². The summed E-state index contributed by atoms with van der Waals surface area (Å²) in [6.45, 7) is 2.43. The van der Waals surface area contributed by atoms with Crippen LogP contribution < -0.4 is 9.47 Å². The molecule has 0 bridgehead atoms. The standard InChI is InChI=1S/C22H22O5/c1-3-27-21-13-8-17(14-22(21)26-2)7-12-20(25)15-19(24)11-6-16-4-9-18(23)10-5-16/h4-15,23,25H,3H2,1-2H3/b11-6+,12-7+,20-15-. The minimum absolute atomic E-state index is 0.159. The van der Waals surface area contributed by atoms with Crippen LogP contribution in [-0.4, -0.2) is 29.7 Å². The molecule has 0 fully saturated rings. The Labute approximate surface area is 158 Å². The summed E-state index contributed by atoms with van der Waals surface area (Å²) in [5.74, 6) is 0.881. The molecule has 0 saturated carbocycles. The van der Waals surface area contributed by atoms with E-state index in [1.807, 2.05) is 13.0 Å². The zero-order chi connectivity index (χ0) is 19.6. The zero-order valence-electron chi connectivity index (χ0n) is 15.3. The van der Waals surface area contributed by atoms with Crippen molar-refractivity contribution in [3.63, 3.8) is 0 Å². The van der Waals surface area contributed by atoms with Gasteiger partial charge in [-0.15, -0.1) is 0 Å². The van der Waals surface area contributed by atoms with E-state index in [1.54, 1.807) is 43.5 Å². The molecule has 0 aliphatic rings. The number of ether oxygens (including phenoxy) is 2. The quantitative estimate of drug-likeness (QED) is 0.408. The van der Waals surface area contributed by atoms with E-state index < -0.39 is 0 Å². The van der Waals surface area contributed by atoms with Crippen LogP contribution in [0.4, 0.5) is 0 Å². The fourth-order valence-electron chi connectivity index (χ4n) is 2.25. The molecule has 27 heavy (non-hydrogen) atoms. The van der Waals surface area contributed by atoms with E-state index in [9.17, 15) is 15.0 Å². The van der Waals surface area contributed by atoms with E-state index in [0.29, 0.717) is 18.1 Å². The van der Waals surface area contributed by atoms with Gasteiger partial charge in [0.25, 0.3) is 0 Å². The minimum atomic E-state index is -0.352. The Balaban J connectivity index is 2.03.